The molecule has 1 aromatic carbocycles. The summed E-state index contributed by atoms with van der Waals surface area (Å²) in [6, 6.07) is 4.26. The highest BCUT2D eigenvalue weighted by Crippen LogP contribution is 2.55. The average molecular weight is 394 g/mol. The average Bonchev–Trinajstić information content (AvgIpc) is 3.29. The zero-order valence-corrected chi connectivity index (χ0v) is 14.3. The second kappa shape index (κ2) is 6.25. The summed E-state index contributed by atoms with van der Waals surface area (Å²) in [6.07, 6.45) is -3.10. The lowest BCUT2D eigenvalue weighted by atomic mass is 9.85. The van der Waals surface area contributed by atoms with Crippen LogP contribution in [0.1, 0.15) is 27.9 Å². The molecule has 10 heteroatoms. The van der Waals surface area contributed by atoms with Gasteiger partial charge in [-0.3, -0.25) is 14.9 Å². The van der Waals surface area contributed by atoms with Gasteiger partial charge < -0.3 is 4.90 Å². The van der Waals surface area contributed by atoms with E-state index < -0.39 is 35.1 Å². The minimum Gasteiger partial charge on any atom is -0.328 e. The van der Waals surface area contributed by atoms with Crippen molar-refractivity contribution in [3.8, 4) is 0 Å². The second-order valence-corrected chi connectivity index (χ2v) is 6.87. The highest BCUT2D eigenvalue weighted by molar-refractivity contribution is 6.01. The number of carbonyl (C=O) groups excluding carboxylic acids is 2. The number of amides is 2. The number of hydrogen-bond acceptors (Lipinski definition) is 4. The molecule has 1 N–H and O–H groups in total. The number of aromatic nitrogens is 2. The quantitative estimate of drug-likeness (QED) is 0.812. The molecule has 1 aliphatic carbocycles. The van der Waals surface area contributed by atoms with Crippen molar-refractivity contribution >= 4 is 17.8 Å². The first kappa shape index (κ1) is 18.3. The highest BCUT2D eigenvalue weighted by atomic mass is 19.4. The van der Waals surface area contributed by atoms with Crippen LogP contribution >= 0.6 is 0 Å². The van der Waals surface area contributed by atoms with E-state index in [1.165, 1.54) is 12.4 Å². The topological polar surface area (TPSA) is 75.2 Å². The number of benzene rings is 1. The van der Waals surface area contributed by atoms with Gasteiger partial charge in [0.1, 0.15) is 12.7 Å². The Balaban J connectivity index is 1.60. The van der Waals surface area contributed by atoms with E-state index in [0.29, 0.717) is 0 Å². The number of anilines is 1. The number of fused-ring (bicyclic) bond motifs is 2. The smallest absolute Gasteiger partial charge is 0.328 e. The van der Waals surface area contributed by atoms with E-state index in [1.54, 1.807) is 6.07 Å². The number of nitrogens with zero attached hydrogens (tertiary/aromatic N) is 3. The number of nitrogens with one attached hydrogen (secondary N) is 1. The first-order valence-electron chi connectivity index (χ1n) is 8.43. The van der Waals surface area contributed by atoms with Crippen LogP contribution in [0.3, 0.4) is 0 Å². The minimum atomic E-state index is -4.59. The van der Waals surface area contributed by atoms with Crippen LogP contribution in [0.25, 0.3) is 0 Å². The molecular formula is C18H14F4N4O2. The van der Waals surface area contributed by atoms with E-state index in [9.17, 15) is 27.2 Å². The zero-order valence-electron chi connectivity index (χ0n) is 14.3. The molecule has 2 heterocycles. The zero-order chi connectivity index (χ0) is 20.1. The van der Waals surface area contributed by atoms with Crippen LogP contribution in [0.2, 0.25) is 0 Å². The molecule has 2 amide bonds. The summed E-state index contributed by atoms with van der Waals surface area (Å²) in [4.78, 5) is 33.7. The molecule has 0 unspecified atom stereocenters. The van der Waals surface area contributed by atoms with Gasteiger partial charge in [-0.25, -0.2) is 14.4 Å². The van der Waals surface area contributed by atoms with Crippen LogP contribution in [-0.4, -0.2) is 45.9 Å². The van der Waals surface area contributed by atoms with Gasteiger partial charge in [-0.1, -0.05) is 0 Å². The van der Waals surface area contributed by atoms with Gasteiger partial charge >= 0.3 is 6.18 Å². The summed E-state index contributed by atoms with van der Waals surface area (Å²) in [5, 5.41) is 2.42. The van der Waals surface area contributed by atoms with Gasteiger partial charge in [0.2, 0.25) is 11.9 Å². The van der Waals surface area contributed by atoms with Crippen molar-refractivity contribution in [2.75, 3.05) is 18.4 Å². The molecule has 1 saturated carbocycles. The van der Waals surface area contributed by atoms with E-state index in [0.717, 1.165) is 23.1 Å². The molecule has 6 nitrogen and oxygen atoms in total. The molecule has 2 aliphatic rings. The van der Waals surface area contributed by atoms with Crippen molar-refractivity contribution < 1.29 is 27.2 Å². The Morgan fingerprint density at radius 1 is 1.29 bits per heavy atom. The van der Waals surface area contributed by atoms with Crippen molar-refractivity contribution in [1.82, 2.24) is 14.9 Å². The SMILES string of the molecule is O=C(CN1C[C@@]2(C[C@H]2F)c2cc(C(F)(F)F)ccc2C1=O)Nc1ncccn1. The second-order valence-electron chi connectivity index (χ2n) is 6.87. The lowest BCUT2D eigenvalue weighted by molar-refractivity contribution is -0.137. The largest absolute Gasteiger partial charge is 0.416 e. The molecule has 2 atom stereocenters. The molecule has 0 bridgehead atoms. The number of alkyl halides is 4. The molecule has 2 aromatic rings. The van der Waals surface area contributed by atoms with Crippen molar-refractivity contribution in [2.45, 2.75) is 24.2 Å². The predicted octanol–water partition coefficient (Wildman–Crippen LogP) is 2.57. The van der Waals surface area contributed by atoms with Gasteiger partial charge in [0, 0.05) is 29.9 Å². The first-order chi connectivity index (χ1) is 13.2. The molecule has 0 saturated heterocycles. The van der Waals surface area contributed by atoms with Crippen LogP contribution in [0, 0.1) is 0 Å². The molecule has 146 valence electrons. The first-order valence-corrected chi connectivity index (χ1v) is 8.43. The van der Waals surface area contributed by atoms with E-state index in [1.807, 2.05) is 0 Å². The van der Waals surface area contributed by atoms with Crippen molar-refractivity contribution in [1.29, 1.82) is 0 Å². The Labute approximate surface area is 156 Å². The maximum absolute atomic E-state index is 14.2. The fourth-order valence-electron chi connectivity index (χ4n) is 3.52. The standard InChI is InChI=1S/C18H14F4N4O2/c19-13-7-17(13)9-26(8-14(27)25-16-23-4-1-5-24-16)15(28)11-3-2-10(6-12(11)17)18(20,21)22/h1-6,13H,7-9H2,(H,23,24,25,27)/t13-,17+/m1/s1. The van der Waals surface area contributed by atoms with Crippen molar-refractivity contribution in [2.24, 2.45) is 0 Å². The molecule has 1 aromatic heterocycles. The van der Waals surface area contributed by atoms with E-state index >= 15 is 0 Å². The van der Waals surface area contributed by atoms with Gasteiger partial charge in [-0.2, -0.15) is 13.2 Å². The molecule has 1 aliphatic heterocycles. The molecule has 28 heavy (non-hydrogen) atoms. The van der Waals surface area contributed by atoms with Crippen LogP contribution in [-0.2, 0) is 16.4 Å². The fourth-order valence-corrected chi connectivity index (χ4v) is 3.52. The van der Waals surface area contributed by atoms with E-state index in [2.05, 4.69) is 15.3 Å². The summed E-state index contributed by atoms with van der Waals surface area (Å²) in [7, 11) is 0. The Kier molecular flexibility index (Phi) is 4.09. The summed E-state index contributed by atoms with van der Waals surface area (Å²) >= 11 is 0. The molecule has 0 radical (unpaired) electrons. The Morgan fingerprint density at radius 2 is 1.96 bits per heavy atom. The summed E-state index contributed by atoms with van der Waals surface area (Å²) in [5.41, 5.74) is -2.08. The Morgan fingerprint density at radius 3 is 2.57 bits per heavy atom. The molecule has 4 rings (SSSR count). The third kappa shape index (κ3) is 3.08. The lowest BCUT2D eigenvalue weighted by Gasteiger charge is -2.34. The van der Waals surface area contributed by atoms with Crippen LogP contribution in [0.5, 0.6) is 0 Å². The maximum atomic E-state index is 14.2. The summed E-state index contributed by atoms with van der Waals surface area (Å²) in [6.45, 7) is -0.545. The van der Waals surface area contributed by atoms with Crippen LogP contribution < -0.4 is 5.32 Å². The third-order valence-electron chi connectivity index (χ3n) is 5.01. The van der Waals surface area contributed by atoms with Gasteiger partial charge in [-0.05, 0) is 36.2 Å². The predicted molar refractivity (Wildman–Crippen MR) is 89.2 cm³/mol. The van der Waals surface area contributed by atoms with Gasteiger partial charge in [0.05, 0.1) is 5.56 Å². The van der Waals surface area contributed by atoms with Gasteiger partial charge in [0.25, 0.3) is 5.91 Å². The van der Waals surface area contributed by atoms with E-state index in [-0.39, 0.29) is 36.6 Å². The summed E-state index contributed by atoms with van der Waals surface area (Å²) in [5.74, 6) is -1.14. The van der Waals surface area contributed by atoms with Crippen molar-refractivity contribution in [3.05, 3.63) is 53.3 Å². The highest BCUT2D eigenvalue weighted by Gasteiger charge is 2.61. The Hall–Kier alpha value is -3.04. The number of halogens is 4. The number of carbonyl (C=O) groups is 2. The number of hydrogen-bond donors (Lipinski definition) is 1. The van der Waals surface area contributed by atoms with E-state index in [4.69, 9.17) is 0 Å². The molecular weight excluding hydrogens is 380 g/mol. The fraction of sp³-hybridized carbons (Fsp3) is 0.333. The summed E-state index contributed by atoms with van der Waals surface area (Å²) < 4.78 is 53.3. The van der Waals surface area contributed by atoms with Gasteiger partial charge in [0.15, 0.2) is 0 Å². The van der Waals surface area contributed by atoms with Crippen molar-refractivity contribution in [3.63, 3.8) is 0 Å². The normalized spacial score (nSPS) is 23.5. The Bertz CT molecular complexity index is 950. The van der Waals surface area contributed by atoms with Crippen LogP contribution in [0.4, 0.5) is 23.5 Å². The molecule has 1 spiro atoms. The number of rotatable bonds is 3. The molecule has 1 fully saturated rings. The van der Waals surface area contributed by atoms with Gasteiger partial charge in [-0.15, -0.1) is 0 Å². The third-order valence-corrected chi connectivity index (χ3v) is 5.01. The lowest BCUT2D eigenvalue weighted by Crippen LogP contribution is -2.47. The monoisotopic (exact) mass is 394 g/mol. The maximum Gasteiger partial charge on any atom is 0.416 e. The minimum absolute atomic E-state index is 0.00844. The van der Waals surface area contributed by atoms with Crippen LogP contribution in [0.15, 0.2) is 36.7 Å².